The third kappa shape index (κ3) is 3.70. The Kier molecular flexibility index (Phi) is 5.72. The van der Waals surface area contributed by atoms with Crippen LogP contribution < -0.4 is 26.5 Å². The Bertz CT molecular complexity index is 565. The molecule has 8 nitrogen and oxygen atoms in total. The van der Waals surface area contributed by atoms with Gasteiger partial charge >= 0.3 is 12.0 Å². The zero-order valence-electron chi connectivity index (χ0n) is 13.5. The zero-order valence-corrected chi connectivity index (χ0v) is 14.3. The molecule has 0 saturated carbocycles. The highest BCUT2D eigenvalue weighted by molar-refractivity contribution is 5.92. The number of nitrogens with zero attached hydrogens (tertiary/aromatic N) is 5. The second kappa shape index (κ2) is 7.37. The molecule has 1 aromatic heterocycles. The van der Waals surface area contributed by atoms with Crippen LogP contribution in [0.4, 0.5) is 11.9 Å². The first-order valence-corrected chi connectivity index (χ1v) is 7.66. The van der Waals surface area contributed by atoms with Crippen LogP contribution in [0, 0.1) is 0 Å². The molecule has 3 rings (SSSR count). The van der Waals surface area contributed by atoms with E-state index in [1.54, 1.807) is 4.90 Å². The molecule has 0 spiro atoms. The number of carbonyl (C=O) groups is 1. The average Bonchev–Trinajstić information content (AvgIpc) is 2.55. The maximum atomic E-state index is 12.1. The summed E-state index contributed by atoms with van der Waals surface area (Å²) < 4.78 is 11.2. The zero-order chi connectivity index (χ0) is 15.6. The van der Waals surface area contributed by atoms with Gasteiger partial charge in [0, 0.05) is 13.0 Å². The minimum Gasteiger partial charge on any atom is -1.00 e. The summed E-state index contributed by atoms with van der Waals surface area (Å²) >= 11 is 0. The summed E-state index contributed by atoms with van der Waals surface area (Å²) in [6, 6.07) is 0.254. The molecule has 0 aliphatic carbocycles. The summed E-state index contributed by atoms with van der Waals surface area (Å²) in [6.07, 6.45) is 2.44. The van der Waals surface area contributed by atoms with Crippen molar-refractivity contribution in [3.05, 3.63) is 0 Å². The van der Waals surface area contributed by atoms with Crippen molar-refractivity contribution in [2.24, 2.45) is 0 Å². The number of rotatable bonds is 3. The minimum absolute atomic E-state index is 0. The molecule has 0 aromatic carbocycles. The number of amides is 1. The third-order valence-corrected chi connectivity index (χ3v) is 4.28. The van der Waals surface area contributed by atoms with Gasteiger partial charge in [-0.15, -0.1) is 9.97 Å². The highest BCUT2D eigenvalue weighted by atomic mass is 35.5. The van der Waals surface area contributed by atoms with E-state index >= 15 is 0 Å². The summed E-state index contributed by atoms with van der Waals surface area (Å²) in [5.74, 6) is 1.09. The summed E-state index contributed by atoms with van der Waals surface area (Å²) in [4.78, 5) is 27.0. The van der Waals surface area contributed by atoms with Gasteiger partial charge in [-0.3, -0.25) is 14.2 Å². The first-order valence-electron chi connectivity index (χ1n) is 7.66. The van der Waals surface area contributed by atoms with Crippen molar-refractivity contribution in [1.82, 2.24) is 19.4 Å². The van der Waals surface area contributed by atoms with Gasteiger partial charge in [-0.1, -0.05) is 0 Å². The van der Waals surface area contributed by atoms with Gasteiger partial charge in [0.05, 0.1) is 27.4 Å². The standard InChI is InChI=1S/C14H22N5O3.ClH/c1-19(7-9-22-10-8-19)13-15-12(16-14(17-13)21-2)18-6-4-3-5-11(18)20;/h3-10H2,1-2H3;1H/q+1;/p-1. The molecule has 128 valence electrons. The molecule has 1 aromatic rings. The van der Waals surface area contributed by atoms with Crippen LogP contribution in [-0.2, 0) is 9.53 Å². The number of hydrogen-bond acceptors (Lipinski definition) is 6. The highest BCUT2D eigenvalue weighted by Gasteiger charge is 2.34. The van der Waals surface area contributed by atoms with E-state index in [2.05, 4.69) is 22.0 Å². The van der Waals surface area contributed by atoms with Gasteiger partial charge in [0.25, 0.3) is 0 Å². The second-order valence-electron chi connectivity index (χ2n) is 5.88. The minimum atomic E-state index is 0. The Hall–Kier alpha value is -1.51. The van der Waals surface area contributed by atoms with Crippen LogP contribution in [0.2, 0.25) is 0 Å². The number of quaternary nitrogens is 1. The van der Waals surface area contributed by atoms with Gasteiger partial charge in [0.2, 0.25) is 11.9 Å². The van der Waals surface area contributed by atoms with Gasteiger partial charge < -0.3 is 21.9 Å². The molecular formula is C14H22ClN5O3. The van der Waals surface area contributed by atoms with Crippen molar-refractivity contribution < 1.29 is 26.7 Å². The molecule has 3 heterocycles. The van der Waals surface area contributed by atoms with Crippen molar-refractivity contribution in [3.8, 4) is 6.01 Å². The fourth-order valence-electron chi connectivity index (χ4n) is 2.75. The van der Waals surface area contributed by atoms with E-state index in [1.165, 1.54) is 7.11 Å². The molecule has 0 unspecified atom stereocenters. The summed E-state index contributed by atoms with van der Waals surface area (Å²) in [7, 11) is 3.60. The summed E-state index contributed by atoms with van der Waals surface area (Å²) in [5, 5.41) is 0. The predicted octanol–water partition coefficient (Wildman–Crippen LogP) is -2.63. The SMILES string of the molecule is COc1nc(N2CCCCC2=O)nc([N+]2(C)CCOCC2)n1.[Cl-]. The number of likely N-dealkylation sites (N-methyl/N-ethyl adjacent to an activating group) is 1. The van der Waals surface area contributed by atoms with E-state index in [9.17, 15) is 4.79 Å². The lowest BCUT2D eigenvalue weighted by atomic mass is 10.1. The van der Waals surface area contributed by atoms with E-state index in [-0.39, 0.29) is 24.3 Å². The van der Waals surface area contributed by atoms with Crippen LogP contribution >= 0.6 is 0 Å². The van der Waals surface area contributed by atoms with Crippen LogP contribution in [0.5, 0.6) is 6.01 Å². The number of piperidine rings is 1. The summed E-state index contributed by atoms with van der Waals surface area (Å²) in [6.45, 7) is 3.57. The molecule has 1 amide bonds. The molecule has 23 heavy (non-hydrogen) atoms. The van der Waals surface area contributed by atoms with Crippen molar-refractivity contribution in [3.63, 3.8) is 0 Å². The fourth-order valence-corrected chi connectivity index (χ4v) is 2.75. The maximum Gasteiger partial charge on any atom is 0.336 e. The van der Waals surface area contributed by atoms with Gasteiger partial charge in [-0.25, -0.2) is 0 Å². The number of anilines is 1. The highest BCUT2D eigenvalue weighted by Crippen LogP contribution is 2.25. The normalized spacial score (nSPS) is 20.8. The topological polar surface area (TPSA) is 77.4 Å². The first-order chi connectivity index (χ1) is 10.6. The lowest BCUT2D eigenvalue weighted by Crippen LogP contribution is -3.00. The van der Waals surface area contributed by atoms with Crippen molar-refractivity contribution in [2.45, 2.75) is 19.3 Å². The smallest absolute Gasteiger partial charge is 0.336 e. The van der Waals surface area contributed by atoms with Crippen LogP contribution in [0.1, 0.15) is 19.3 Å². The molecule has 2 aliphatic rings. The molecule has 2 aliphatic heterocycles. The summed E-state index contributed by atoms with van der Waals surface area (Å²) in [5.41, 5.74) is 0. The number of ether oxygens (including phenoxy) is 2. The number of morpholine rings is 1. The van der Waals surface area contributed by atoms with E-state index in [0.29, 0.717) is 42.6 Å². The quantitative estimate of drug-likeness (QED) is 0.559. The number of carbonyl (C=O) groups excluding carboxylic acids is 1. The van der Waals surface area contributed by atoms with Crippen LogP contribution in [0.3, 0.4) is 0 Å². The van der Waals surface area contributed by atoms with Crippen LogP contribution in [0.15, 0.2) is 0 Å². The molecule has 2 fully saturated rings. The first kappa shape index (κ1) is 17.8. The molecule has 0 bridgehead atoms. The van der Waals surface area contributed by atoms with Crippen molar-refractivity contribution in [1.29, 1.82) is 0 Å². The van der Waals surface area contributed by atoms with E-state index in [4.69, 9.17) is 9.47 Å². The molecule has 2 saturated heterocycles. The number of methoxy groups -OCH3 is 1. The number of aromatic nitrogens is 3. The molecule has 9 heteroatoms. The van der Waals surface area contributed by atoms with E-state index < -0.39 is 0 Å². The van der Waals surface area contributed by atoms with Gasteiger partial charge in [0.1, 0.15) is 13.1 Å². The number of hydrogen-bond donors (Lipinski definition) is 0. The third-order valence-electron chi connectivity index (χ3n) is 4.28. The Labute approximate surface area is 141 Å². The van der Waals surface area contributed by atoms with Crippen LogP contribution in [-0.4, -0.2) is 67.9 Å². The lowest BCUT2D eigenvalue weighted by molar-refractivity contribution is -0.119. The molecular weight excluding hydrogens is 322 g/mol. The Morgan fingerprint density at radius 2 is 1.91 bits per heavy atom. The van der Waals surface area contributed by atoms with E-state index in [1.807, 2.05) is 0 Å². The Morgan fingerprint density at radius 1 is 1.17 bits per heavy atom. The average molecular weight is 344 g/mol. The van der Waals surface area contributed by atoms with E-state index in [0.717, 1.165) is 25.9 Å². The second-order valence-corrected chi connectivity index (χ2v) is 5.88. The van der Waals surface area contributed by atoms with Crippen LogP contribution in [0.25, 0.3) is 0 Å². The van der Waals surface area contributed by atoms with Gasteiger partial charge in [-0.05, 0) is 12.8 Å². The van der Waals surface area contributed by atoms with Crippen molar-refractivity contribution >= 4 is 17.8 Å². The van der Waals surface area contributed by atoms with Gasteiger partial charge in [-0.2, -0.15) is 4.98 Å². The Morgan fingerprint density at radius 3 is 2.57 bits per heavy atom. The maximum absolute atomic E-state index is 12.1. The van der Waals surface area contributed by atoms with Gasteiger partial charge in [0.15, 0.2) is 0 Å². The molecule has 0 radical (unpaired) electrons. The van der Waals surface area contributed by atoms with Crippen molar-refractivity contribution in [2.75, 3.05) is 51.9 Å². The fraction of sp³-hybridized carbons (Fsp3) is 0.714. The predicted molar refractivity (Wildman–Crippen MR) is 80.9 cm³/mol. The monoisotopic (exact) mass is 343 g/mol. The number of halogens is 1. The largest absolute Gasteiger partial charge is 1.00 e. The molecule has 0 N–H and O–H groups in total. The Balaban J connectivity index is 0.00000192. The molecule has 0 atom stereocenters. The lowest BCUT2D eigenvalue weighted by Gasteiger charge is -2.35.